The van der Waals surface area contributed by atoms with Gasteiger partial charge in [0.1, 0.15) is 30.0 Å². The molecule has 9 N–H and O–H groups in total. The Labute approximate surface area is 458 Å². The minimum Gasteiger partial charge on any atom is -0.379 e. The number of benzene rings is 1. The van der Waals surface area contributed by atoms with Gasteiger partial charge in [0, 0.05) is 86.6 Å². The molecule has 0 saturated carbocycles. The molecule has 25 heteroatoms. The van der Waals surface area contributed by atoms with Crippen LogP contribution in [0.5, 0.6) is 0 Å². The molecule has 1 aromatic carbocycles. The SMILES string of the molecule is CC(C)CC(NC(=O)[C@@H](CC(N)=O)NC(=O)[C@@H](C)NC(=O)[C@@H](C)NC(=O)CCOCCOCCOCCNC(=O)CCN1C(=O)C=CC1=O)C(=O)N1CC(C)(C)c2ccc(NC(=O)c3cccnc3NCc3ccncc3)cc21. The summed E-state index contributed by atoms with van der Waals surface area (Å²) < 4.78 is 16.3. The van der Waals surface area contributed by atoms with Gasteiger partial charge in [-0.05, 0) is 73.7 Å². The molecule has 0 radical (unpaired) electrons. The Morgan fingerprint density at radius 3 is 2.03 bits per heavy atom. The summed E-state index contributed by atoms with van der Waals surface area (Å²) in [5, 5.41) is 19.0. The molecular weight excluding hydrogens is 1020 g/mol. The van der Waals surface area contributed by atoms with E-state index in [1.54, 1.807) is 47.8 Å². The van der Waals surface area contributed by atoms with Crippen LogP contribution >= 0.6 is 0 Å². The van der Waals surface area contributed by atoms with Gasteiger partial charge >= 0.3 is 0 Å². The maximum Gasteiger partial charge on any atom is 0.259 e. The van der Waals surface area contributed by atoms with Gasteiger partial charge in [0.15, 0.2) is 0 Å². The Bertz CT molecular complexity index is 2680. The topological polar surface area (TPSA) is 341 Å². The average Bonchev–Trinajstić information content (AvgIpc) is 4.15. The van der Waals surface area contributed by atoms with E-state index in [2.05, 4.69) is 47.2 Å². The van der Waals surface area contributed by atoms with Crippen molar-refractivity contribution in [3.63, 3.8) is 0 Å². The summed E-state index contributed by atoms with van der Waals surface area (Å²) in [7, 11) is 0. The van der Waals surface area contributed by atoms with E-state index in [0.717, 1.165) is 28.2 Å². The molecule has 2 aromatic heterocycles. The highest BCUT2D eigenvalue weighted by Gasteiger charge is 2.41. The van der Waals surface area contributed by atoms with Crippen molar-refractivity contribution < 1.29 is 62.2 Å². The normalized spacial score (nSPS) is 14.9. The van der Waals surface area contributed by atoms with Crippen LogP contribution in [0.4, 0.5) is 17.2 Å². The van der Waals surface area contributed by atoms with Gasteiger partial charge in [0.05, 0.1) is 51.6 Å². The Morgan fingerprint density at radius 2 is 1.35 bits per heavy atom. The second kappa shape index (κ2) is 30.1. The zero-order valence-corrected chi connectivity index (χ0v) is 45.4. The third-order valence-electron chi connectivity index (χ3n) is 12.5. The Kier molecular flexibility index (Phi) is 23.5. The number of hydrogen-bond acceptors (Lipinski definition) is 16. The van der Waals surface area contributed by atoms with Crippen molar-refractivity contribution in [3.05, 3.63) is 89.9 Å². The van der Waals surface area contributed by atoms with Gasteiger partial charge in [-0.3, -0.25) is 57.8 Å². The second-order valence-corrected chi connectivity index (χ2v) is 19.9. The minimum absolute atomic E-state index is 0.00594. The highest BCUT2D eigenvalue weighted by atomic mass is 16.5. The number of ether oxygens (including phenoxy) is 3. The van der Waals surface area contributed by atoms with E-state index in [1.165, 1.54) is 13.8 Å². The number of rotatable bonds is 32. The van der Waals surface area contributed by atoms with Gasteiger partial charge in [0.2, 0.25) is 41.4 Å². The number of primary amides is 1. The number of carbonyl (C=O) groups excluding carboxylic acids is 10. The van der Waals surface area contributed by atoms with Crippen LogP contribution in [-0.2, 0) is 69.3 Å². The Balaban J connectivity index is 1.05. The number of aromatic nitrogens is 2. The van der Waals surface area contributed by atoms with Crippen LogP contribution in [0, 0.1) is 5.92 Å². The molecular formula is C54H72N12O13. The van der Waals surface area contributed by atoms with E-state index in [9.17, 15) is 47.9 Å². The van der Waals surface area contributed by atoms with Crippen molar-refractivity contribution in [1.29, 1.82) is 0 Å². The molecule has 3 aromatic rings. The maximum atomic E-state index is 14.6. The average molecular weight is 1100 g/mol. The predicted octanol–water partition coefficient (Wildman–Crippen LogP) is 0.737. The number of amides is 10. The number of pyridine rings is 2. The Hall–Kier alpha value is -8.16. The third kappa shape index (κ3) is 19.4. The highest BCUT2D eigenvalue weighted by molar-refractivity contribution is 6.13. The molecule has 4 heterocycles. The van der Waals surface area contributed by atoms with Crippen LogP contribution in [-0.4, -0.2) is 157 Å². The van der Waals surface area contributed by atoms with Crippen molar-refractivity contribution in [2.75, 3.05) is 74.8 Å². The molecule has 426 valence electrons. The van der Waals surface area contributed by atoms with Gasteiger partial charge in [0.25, 0.3) is 17.7 Å². The molecule has 25 nitrogen and oxygen atoms in total. The van der Waals surface area contributed by atoms with Crippen LogP contribution in [0.3, 0.4) is 0 Å². The fourth-order valence-corrected chi connectivity index (χ4v) is 8.35. The Morgan fingerprint density at radius 1 is 0.722 bits per heavy atom. The number of fused-ring (bicyclic) bond motifs is 1. The molecule has 2 aliphatic heterocycles. The van der Waals surface area contributed by atoms with E-state index in [4.69, 9.17) is 19.9 Å². The van der Waals surface area contributed by atoms with Crippen LogP contribution < -0.4 is 47.9 Å². The summed E-state index contributed by atoms with van der Waals surface area (Å²) in [5.41, 5.74) is 7.99. The first-order valence-corrected chi connectivity index (χ1v) is 26.0. The summed E-state index contributed by atoms with van der Waals surface area (Å²) in [4.78, 5) is 140. The molecule has 2 aliphatic rings. The summed E-state index contributed by atoms with van der Waals surface area (Å²) in [6.07, 6.45) is 6.67. The van der Waals surface area contributed by atoms with Gasteiger partial charge in [-0.25, -0.2) is 4.98 Å². The summed E-state index contributed by atoms with van der Waals surface area (Å²) in [5.74, 6) is -5.71. The maximum absolute atomic E-state index is 14.6. The van der Waals surface area contributed by atoms with Crippen LogP contribution in [0.15, 0.2) is 73.2 Å². The van der Waals surface area contributed by atoms with Crippen LogP contribution in [0.2, 0.25) is 0 Å². The van der Waals surface area contributed by atoms with E-state index in [1.807, 2.05) is 45.9 Å². The summed E-state index contributed by atoms with van der Waals surface area (Å²) >= 11 is 0. The highest BCUT2D eigenvalue weighted by Crippen LogP contribution is 2.42. The lowest BCUT2D eigenvalue weighted by atomic mass is 9.87. The largest absolute Gasteiger partial charge is 0.379 e. The first-order valence-electron chi connectivity index (χ1n) is 26.0. The lowest BCUT2D eigenvalue weighted by molar-refractivity contribution is -0.137. The number of anilines is 3. The zero-order chi connectivity index (χ0) is 57.6. The molecule has 4 atom stereocenters. The van der Waals surface area contributed by atoms with E-state index >= 15 is 0 Å². The van der Waals surface area contributed by atoms with Crippen molar-refractivity contribution in [3.8, 4) is 0 Å². The number of nitrogens with one attached hydrogen (secondary N) is 7. The first-order chi connectivity index (χ1) is 37.6. The van der Waals surface area contributed by atoms with Crippen LogP contribution in [0.25, 0.3) is 0 Å². The van der Waals surface area contributed by atoms with Crippen molar-refractivity contribution in [2.24, 2.45) is 11.7 Å². The lowest BCUT2D eigenvalue weighted by Gasteiger charge is -2.29. The van der Waals surface area contributed by atoms with Gasteiger partial charge < -0.3 is 62.1 Å². The van der Waals surface area contributed by atoms with Gasteiger partial charge in [-0.2, -0.15) is 0 Å². The third-order valence-corrected chi connectivity index (χ3v) is 12.5. The summed E-state index contributed by atoms with van der Waals surface area (Å²) in [6, 6.07) is 7.30. The molecule has 79 heavy (non-hydrogen) atoms. The molecule has 10 amide bonds. The predicted molar refractivity (Wildman–Crippen MR) is 288 cm³/mol. The smallest absolute Gasteiger partial charge is 0.259 e. The quantitative estimate of drug-likeness (QED) is 0.0316. The second-order valence-electron chi connectivity index (χ2n) is 19.9. The minimum atomic E-state index is -1.53. The molecule has 0 aliphatic carbocycles. The van der Waals surface area contributed by atoms with E-state index in [-0.39, 0.29) is 90.4 Å². The number of nitrogens with two attached hydrogens (primary N) is 1. The number of hydrogen-bond donors (Lipinski definition) is 8. The number of carbonyl (C=O) groups is 10. The van der Waals surface area contributed by atoms with E-state index in [0.29, 0.717) is 29.3 Å². The fourth-order valence-electron chi connectivity index (χ4n) is 8.35. The zero-order valence-electron chi connectivity index (χ0n) is 45.4. The van der Waals surface area contributed by atoms with Crippen LogP contribution in [0.1, 0.15) is 88.7 Å². The number of nitrogens with zero attached hydrogens (tertiary/aromatic N) is 4. The van der Waals surface area contributed by atoms with Crippen molar-refractivity contribution in [1.82, 2.24) is 41.5 Å². The van der Waals surface area contributed by atoms with Crippen molar-refractivity contribution in [2.45, 2.75) is 103 Å². The fraction of sp³-hybridized carbons (Fsp3) is 0.481. The molecule has 1 unspecified atom stereocenters. The monoisotopic (exact) mass is 1100 g/mol. The first kappa shape index (κ1) is 61.7. The summed E-state index contributed by atoms with van der Waals surface area (Å²) in [6.45, 7) is 12.4. The molecule has 0 bridgehead atoms. The molecule has 0 spiro atoms. The van der Waals surface area contributed by atoms with Gasteiger partial charge in [-0.15, -0.1) is 0 Å². The molecule has 0 saturated heterocycles. The standard InChI is InChI=1S/C54H72N12O13/c1-33(2)28-41(53(76)66-32-54(5,6)39-10-9-37(29-42(39)66)62-51(74)38-8-7-17-58-48(38)59-31-36-13-18-56-19-14-36)64-52(75)40(30-43(55)67)63-50(73)35(4)61-49(72)34(3)60-45(69)16-22-77-24-26-79-27-25-78-23-20-57-44(68)15-21-65-46(70)11-12-47(65)71/h7-14,17-19,29,33-35,40-41H,15-16,20-28,30-32H2,1-6H3,(H2,55,67)(H,57,68)(H,58,59)(H,60,69)(H,61,72)(H,62,74)(H,63,73)(H,64,75)/t34-,35-,40-,41?/m1/s1. The van der Waals surface area contributed by atoms with Crippen molar-refractivity contribution >= 4 is 76.3 Å². The molecule has 0 fully saturated rings. The van der Waals surface area contributed by atoms with Gasteiger partial charge in [-0.1, -0.05) is 33.8 Å². The molecule has 5 rings (SSSR count). The lowest BCUT2D eigenvalue weighted by Crippen LogP contribution is -2.58. The number of imide groups is 1. The van der Waals surface area contributed by atoms with E-state index < -0.39 is 89.2 Å².